The molecule has 1 aromatic carbocycles. The molecule has 1 atom stereocenters. The van der Waals surface area contributed by atoms with E-state index in [0.29, 0.717) is 17.1 Å². The first-order valence-corrected chi connectivity index (χ1v) is 6.60. The molecule has 0 radical (unpaired) electrons. The molecule has 0 bridgehead atoms. The smallest absolute Gasteiger partial charge is 0.371 e. The molecule has 0 aromatic heterocycles. The minimum Gasteiger partial charge on any atom is -0.493 e. The van der Waals surface area contributed by atoms with E-state index in [0.717, 1.165) is 0 Å². The number of ether oxygens (including phenoxy) is 2. The van der Waals surface area contributed by atoms with Crippen LogP contribution in [0.3, 0.4) is 0 Å². The summed E-state index contributed by atoms with van der Waals surface area (Å²) in [6.45, 7) is 0. The van der Waals surface area contributed by atoms with Gasteiger partial charge in [-0.05, 0) is 6.07 Å². The van der Waals surface area contributed by atoms with Crippen LogP contribution < -0.4 is 24.3 Å². The molecule has 0 saturated heterocycles. The number of amidine groups is 1. The predicted octanol–water partition coefficient (Wildman–Crippen LogP) is -1.97. The van der Waals surface area contributed by atoms with Crippen LogP contribution in [-0.4, -0.2) is 28.5 Å². The van der Waals surface area contributed by atoms with Crippen LogP contribution in [0.1, 0.15) is 11.6 Å². The van der Waals surface area contributed by atoms with E-state index in [1.54, 1.807) is 18.2 Å². The highest BCUT2D eigenvalue weighted by Gasteiger charge is 2.37. The van der Waals surface area contributed by atoms with Crippen molar-refractivity contribution in [1.29, 1.82) is 0 Å². The molecule has 8 heteroatoms. The van der Waals surface area contributed by atoms with Gasteiger partial charge >= 0.3 is 10.2 Å². The van der Waals surface area contributed by atoms with E-state index in [1.165, 1.54) is 14.2 Å². The molecule has 1 aliphatic rings. The Morgan fingerprint density at radius 2 is 2.06 bits per heavy atom. The lowest BCUT2D eigenvalue weighted by molar-refractivity contribution is -0.265. The van der Waals surface area contributed by atoms with Crippen LogP contribution in [0, 0.1) is 0 Å². The van der Waals surface area contributed by atoms with Gasteiger partial charge in [0.25, 0.3) is 5.84 Å². The van der Waals surface area contributed by atoms with Gasteiger partial charge in [-0.15, -0.1) is 0 Å². The molecule has 98 valence electrons. The number of nitrogens with one attached hydrogen (secondary N) is 2. The molecule has 1 aromatic rings. The van der Waals surface area contributed by atoms with Gasteiger partial charge in [0.15, 0.2) is 17.5 Å². The third-order valence-corrected chi connectivity index (χ3v) is 3.63. The summed E-state index contributed by atoms with van der Waals surface area (Å²) in [4.78, 5) is 0. The second kappa shape index (κ2) is 4.46. The standard InChI is InChI=1S/C10H13N3O4S/c1-16-7-5-3-4-6(9(7)17-2)8-10(11)13-18(14,15)12-8/h3-5,8,12H,1-2H3,(H2,11,13)/p+1/t8-/m1/s1. The van der Waals surface area contributed by atoms with Gasteiger partial charge in [0.1, 0.15) is 0 Å². The first-order valence-electron chi connectivity index (χ1n) is 5.12. The van der Waals surface area contributed by atoms with Gasteiger partial charge in [-0.3, -0.25) is 5.73 Å². The largest absolute Gasteiger partial charge is 0.493 e. The van der Waals surface area contributed by atoms with Crippen molar-refractivity contribution >= 4 is 16.0 Å². The van der Waals surface area contributed by atoms with Crippen LogP contribution in [0.2, 0.25) is 0 Å². The maximum atomic E-state index is 11.4. The average Bonchev–Trinajstić information content (AvgIpc) is 2.61. The van der Waals surface area contributed by atoms with E-state index in [-0.39, 0.29) is 5.84 Å². The van der Waals surface area contributed by atoms with Crippen molar-refractivity contribution < 1.29 is 22.3 Å². The summed E-state index contributed by atoms with van der Waals surface area (Å²) < 4.78 is 37.7. The van der Waals surface area contributed by atoms with Crippen molar-refractivity contribution in [2.75, 3.05) is 14.2 Å². The third kappa shape index (κ3) is 2.12. The zero-order chi connectivity index (χ0) is 13.3. The van der Waals surface area contributed by atoms with Crippen LogP contribution in [-0.2, 0) is 10.2 Å². The molecule has 0 fully saturated rings. The van der Waals surface area contributed by atoms with Crippen molar-refractivity contribution in [1.82, 2.24) is 4.72 Å². The molecule has 4 N–H and O–H groups in total. The SMILES string of the molecule is COc1cccc([C@H]2NS(=O)(=O)[NH+]=C2N)c1OC. The highest BCUT2D eigenvalue weighted by atomic mass is 32.2. The number of hydrogen-bond acceptors (Lipinski definition) is 5. The predicted molar refractivity (Wildman–Crippen MR) is 64.5 cm³/mol. The van der Waals surface area contributed by atoms with E-state index in [1.807, 2.05) is 0 Å². The molecule has 0 aliphatic carbocycles. The van der Waals surface area contributed by atoms with Crippen molar-refractivity contribution in [2.24, 2.45) is 5.73 Å². The fraction of sp³-hybridized carbons (Fsp3) is 0.300. The summed E-state index contributed by atoms with van der Waals surface area (Å²) in [6.07, 6.45) is 0. The van der Waals surface area contributed by atoms with Gasteiger partial charge in [0.2, 0.25) is 0 Å². The lowest BCUT2D eigenvalue weighted by Gasteiger charge is -2.14. The van der Waals surface area contributed by atoms with E-state index in [4.69, 9.17) is 15.2 Å². The molecular weight excluding hydrogens is 258 g/mol. The van der Waals surface area contributed by atoms with Crippen molar-refractivity contribution in [2.45, 2.75) is 6.04 Å². The molecule has 0 spiro atoms. The van der Waals surface area contributed by atoms with Crippen LogP contribution in [0.4, 0.5) is 0 Å². The Morgan fingerprint density at radius 3 is 2.56 bits per heavy atom. The highest BCUT2D eigenvalue weighted by Crippen LogP contribution is 2.34. The Labute approximate surface area is 105 Å². The lowest BCUT2D eigenvalue weighted by Crippen LogP contribution is -2.76. The fourth-order valence-corrected chi connectivity index (χ4v) is 2.88. The molecule has 7 nitrogen and oxygen atoms in total. The van der Waals surface area contributed by atoms with Gasteiger partial charge in [-0.1, -0.05) is 12.1 Å². The minimum atomic E-state index is -3.60. The van der Waals surface area contributed by atoms with E-state index in [9.17, 15) is 8.42 Å². The normalized spacial score (nSPS) is 21.4. The summed E-state index contributed by atoms with van der Waals surface area (Å²) in [5.74, 6) is 1.05. The molecule has 2 rings (SSSR count). The fourth-order valence-electron chi connectivity index (χ4n) is 1.83. The Kier molecular flexibility index (Phi) is 3.14. The van der Waals surface area contributed by atoms with E-state index < -0.39 is 16.3 Å². The lowest BCUT2D eigenvalue weighted by atomic mass is 10.1. The Balaban J connectivity index is 2.50. The summed E-state index contributed by atoms with van der Waals surface area (Å²) in [6, 6.07) is 4.49. The van der Waals surface area contributed by atoms with Crippen LogP contribution in [0.15, 0.2) is 18.2 Å². The minimum absolute atomic E-state index is 0.0987. The Morgan fingerprint density at radius 1 is 1.33 bits per heavy atom. The van der Waals surface area contributed by atoms with Gasteiger partial charge < -0.3 is 9.47 Å². The zero-order valence-electron chi connectivity index (χ0n) is 9.93. The number of nitrogens with two attached hydrogens (primary N) is 1. The second-order valence-corrected chi connectivity index (χ2v) is 5.14. The van der Waals surface area contributed by atoms with E-state index in [2.05, 4.69) is 9.12 Å². The number of methoxy groups -OCH3 is 2. The quantitative estimate of drug-likeness (QED) is 0.592. The molecular formula is C10H14N3O4S+. The molecule has 0 amide bonds. The first kappa shape index (κ1) is 12.7. The van der Waals surface area contributed by atoms with Gasteiger partial charge in [0, 0.05) is 5.56 Å². The van der Waals surface area contributed by atoms with Crippen molar-refractivity contribution in [3.05, 3.63) is 23.8 Å². The molecule has 0 unspecified atom stereocenters. The third-order valence-electron chi connectivity index (χ3n) is 2.58. The number of para-hydroxylation sites is 1. The van der Waals surface area contributed by atoms with Crippen LogP contribution in [0.5, 0.6) is 11.5 Å². The zero-order valence-corrected chi connectivity index (χ0v) is 10.7. The van der Waals surface area contributed by atoms with Gasteiger partial charge in [0.05, 0.1) is 14.2 Å². The summed E-state index contributed by atoms with van der Waals surface area (Å²) in [5.41, 5.74) is 6.26. The maximum absolute atomic E-state index is 11.4. The summed E-state index contributed by atoms with van der Waals surface area (Å²) in [5, 5.41) is 0. The summed E-state index contributed by atoms with van der Waals surface area (Å²) >= 11 is 0. The Hall–Kier alpha value is -1.80. The molecule has 0 saturated carbocycles. The molecule has 1 aliphatic heterocycles. The maximum Gasteiger partial charge on any atom is 0.371 e. The van der Waals surface area contributed by atoms with Crippen LogP contribution >= 0.6 is 0 Å². The number of rotatable bonds is 3. The van der Waals surface area contributed by atoms with Crippen molar-refractivity contribution in [3.8, 4) is 11.5 Å². The van der Waals surface area contributed by atoms with Crippen LogP contribution in [0.25, 0.3) is 0 Å². The highest BCUT2D eigenvalue weighted by molar-refractivity contribution is 7.83. The number of hydrogen-bond donors (Lipinski definition) is 3. The molecule has 1 heterocycles. The topological polar surface area (TPSA) is 105 Å². The average molecular weight is 272 g/mol. The van der Waals surface area contributed by atoms with Crippen molar-refractivity contribution in [3.63, 3.8) is 0 Å². The molecule has 18 heavy (non-hydrogen) atoms. The number of benzene rings is 1. The van der Waals surface area contributed by atoms with Gasteiger partial charge in [-0.2, -0.15) is 17.5 Å². The Bertz CT molecular complexity index is 597. The van der Waals surface area contributed by atoms with Gasteiger partial charge in [-0.25, -0.2) is 0 Å². The second-order valence-electron chi connectivity index (χ2n) is 3.69. The van der Waals surface area contributed by atoms with E-state index >= 15 is 0 Å². The summed E-state index contributed by atoms with van der Waals surface area (Å²) in [7, 11) is -0.609. The monoisotopic (exact) mass is 272 g/mol. The first-order chi connectivity index (χ1) is 8.48.